The van der Waals surface area contributed by atoms with E-state index in [1.807, 2.05) is 11.6 Å². The fraction of sp³-hybridized carbons (Fsp3) is 0.727. The first-order valence-corrected chi connectivity index (χ1v) is 6.75. The molecule has 0 spiro atoms. The van der Waals surface area contributed by atoms with Crippen LogP contribution in [0.15, 0.2) is 0 Å². The zero-order valence-electron chi connectivity index (χ0n) is 9.56. The predicted octanol–water partition coefficient (Wildman–Crippen LogP) is 3.97. The molecular weight excluding hydrogens is 275 g/mol. The normalized spacial score (nSPS) is 13.1. The van der Waals surface area contributed by atoms with E-state index < -0.39 is 0 Å². The number of hydrogen-bond acceptors (Lipinski definition) is 1. The van der Waals surface area contributed by atoms with Gasteiger partial charge >= 0.3 is 0 Å². The lowest BCUT2D eigenvalue weighted by Gasteiger charge is -2.08. The molecule has 0 bridgehead atoms. The Kier molecular flexibility index (Phi) is 5.13. The third kappa shape index (κ3) is 3.22. The molecule has 1 aromatic rings. The second-order valence-corrected chi connectivity index (χ2v) is 5.38. The quantitative estimate of drug-likeness (QED) is 0.751. The number of halogens is 2. The van der Waals surface area contributed by atoms with E-state index in [0.29, 0.717) is 4.83 Å². The largest absolute Gasteiger partial charge is 0.268 e. The lowest BCUT2D eigenvalue weighted by Crippen LogP contribution is -2.06. The molecule has 15 heavy (non-hydrogen) atoms. The first kappa shape index (κ1) is 13.0. The van der Waals surface area contributed by atoms with Crippen molar-refractivity contribution in [2.24, 2.45) is 0 Å². The van der Waals surface area contributed by atoms with Crippen LogP contribution in [0.1, 0.15) is 38.1 Å². The van der Waals surface area contributed by atoms with Crippen molar-refractivity contribution in [2.45, 2.75) is 51.4 Å². The second-order valence-electron chi connectivity index (χ2n) is 3.71. The van der Waals surface area contributed by atoms with E-state index in [0.717, 1.165) is 36.5 Å². The molecule has 0 saturated heterocycles. The van der Waals surface area contributed by atoms with Crippen molar-refractivity contribution in [3.05, 3.63) is 16.4 Å². The Morgan fingerprint density at radius 2 is 2.13 bits per heavy atom. The van der Waals surface area contributed by atoms with Gasteiger partial charge in [-0.1, -0.05) is 34.5 Å². The summed E-state index contributed by atoms with van der Waals surface area (Å²) in [5.74, 6) is 0. The fourth-order valence-corrected chi connectivity index (χ4v) is 2.06. The molecule has 2 nitrogen and oxygen atoms in total. The summed E-state index contributed by atoms with van der Waals surface area (Å²) in [5.41, 5.74) is 2.12. The first-order chi connectivity index (χ1) is 7.10. The average molecular weight is 294 g/mol. The molecule has 0 aromatic carbocycles. The second kappa shape index (κ2) is 5.90. The molecule has 0 saturated carbocycles. The lowest BCUT2D eigenvalue weighted by atomic mass is 10.1. The van der Waals surface area contributed by atoms with Crippen LogP contribution >= 0.6 is 27.5 Å². The molecule has 1 aromatic heterocycles. The molecule has 0 fully saturated rings. The highest BCUT2D eigenvalue weighted by Gasteiger charge is 2.13. The molecular formula is C11H18BrClN2. The SMILES string of the molecule is CCC(Br)CCc1c(Cl)c(C)nn1CC. The standard InChI is InChI=1S/C11H18BrClN2/c1-4-9(12)6-7-10-11(13)8(3)14-15(10)5-2/h9H,4-7H2,1-3H3. The van der Waals surface area contributed by atoms with Crippen LogP contribution in [0, 0.1) is 6.92 Å². The molecule has 0 N–H and O–H groups in total. The van der Waals surface area contributed by atoms with Crippen LogP contribution in [0.3, 0.4) is 0 Å². The summed E-state index contributed by atoms with van der Waals surface area (Å²) in [6.45, 7) is 7.13. The number of hydrogen-bond donors (Lipinski definition) is 0. The summed E-state index contributed by atoms with van der Waals surface area (Å²) >= 11 is 9.86. The van der Waals surface area contributed by atoms with Gasteiger partial charge in [0.05, 0.1) is 16.4 Å². The van der Waals surface area contributed by atoms with Gasteiger partial charge in [0.15, 0.2) is 0 Å². The molecule has 4 heteroatoms. The summed E-state index contributed by atoms with van der Waals surface area (Å²) in [7, 11) is 0. The van der Waals surface area contributed by atoms with Gasteiger partial charge in [-0.05, 0) is 33.1 Å². The van der Waals surface area contributed by atoms with Gasteiger partial charge in [-0.3, -0.25) is 4.68 Å². The maximum Gasteiger partial charge on any atom is 0.0847 e. The van der Waals surface area contributed by atoms with Crippen LogP contribution in [0.25, 0.3) is 0 Å². The Morgan fingerprint density at radius 1 is 1.47 bits per heavy atom. The number of rotatable bonds is 5. The molecule has 0 aliphatic rings. The highest BCUT2D eigenvalue weighted by atomic mass is 79.9. The maximum absolute atomic E-state index is 6.22. The van der Waals surface area contributed by atoms with E-state index in [1.165, 1.54) is 5.69 Å². The molecule has 1 unspecified atom stereocenters. The van der Waals surface area contributed by atoms with Gasteiger partial charge in [0, 0.05) is 11.4 Å². The van der Waals surface area contributed by atoms with Crippen LogP contribution in [0.5, 0.6) is 0 Å². The summed E-state index contributed by atoms with van der Waals surface area (Å²) < 4.78 is 2.01. The number of nitrogens with zero attached hydrogens (tertiary/aromatic N) is 2. The Morgan fingerprint density at radius 3 is 2.67 bits per heavy atom. The van der Waals surface area contributed by atoms with E-state index in [9.17, 15) is 0 Å². The summed E-state index contributed by atoms with van der Waals surface area (Å²) in [6.07, 6.45) is 3.26. The van der Waals surface area contributed by atoms with Crippen molar-refractivity contribution in [2.75, 3.05) is 0 Å². The average Bonchev–Trinajstić information content (AvgIpc) is 2.52. The first-order valence-electron chi connectivity index (χ1n) is 5.45. The van der Waals surface area contributed by atoms with Crippen LogP contribution in [0.4, 0.5) is 0 Å². The topological polar surface area (TPSA) is 17.8 Å². The fourth-order valence-electron chi connectivity index (χ4n) is 1.61. The highest BCUT2D eigenvalue weighted by molar-refractivity contribution is 9.09. The molecule has 0 amide bonds. The lowest BCUT2D eigenvalue weighted by molar-refractivity contribution is 0.601. The zero-order chi connectivity index (χ0) is 11.4. The Labute approximate surface area is 105 Å². The number of aromatic nitrogens is 2. The van der Waals surface area contributed by atoms with Crippen molar-refractivity contribution >= 4 is 27.5 Å². The third-order valence-corrected chi connectivity index (χ3v) is 4.19. The van der Waals surface area contributed by atoms with E-state index in [1.54, 1.807) is 0 Å². The summed E-state index contributed by atoms with van der Waals surface area (Å²) in [6, 6.07) is 0. The van der Waals surface area contributed by atoms with E-state index >= 15 is 0 Å². The van der Waals surface area contributed by atoms with Crippen molar-refractivity contribution in [3.63, 3.8) is 0 Å². The van der Waals surface area contributed by atoms with Gasteiger partial charge in [0.25, 0.3) is 0 Å². The predicted molar refractivity (Wildman–Crippen MR) is 69.0 cm³/mol. The van der Waals surface area contributed by atoms with Gasteiger partial charge < -0.3 is 0 Å². The van der Waals surface area contributed by atoms with Crippen molar-refractivity contribution in [1.82, 2.24) is 9.78 Å². The van der Waals surface area contributed by atoms with Gasteiger partial charge in [-0.15, -0.1) is 0 Å². The third-order valence-electron chi connectivity index (χ3n) is 2.59. The monoisotopic (exact) mass is 292 g/mol. The Bertz CT molecular complexity index is 323. The zero-order valence-corrected chi connectivity index (χ0v) is 11.9. The van der Waals surface area contributed by atoms with Crippen LogP contribution in [-0.2, 0) is 13.0 Å². The Hall–Kier alpha value is -0.0200. The van der Waals surface area contributed by atoms with Crippen LogP contribution in [-0.4, -0.2) is 14.6 Å². The number of alkyl halides is 1. The van der Waals surface area contributed by atoms with Gasteiger partial charge in [-0.25, -0.2) is 0 Å². The summed E-state index contributed by atoms with van der Waals surface area (Å²) in [4.78, 5) is 0.578. The van der Waals surface area contributed by atoms with E-state index in [2.05, 4.69) is 34.9 Å². The minimum atomic E-state index is 0.578. The summed E-state index contributed by atoms with van der Waals surface area (Å²) in [5, 5.41) is 5.24. The molecule has 0 aliphatic heterocycles. The van der Waals surface area contributed by atoms with Crippen molar-refractivity contribution < 1.29 is 0 Å². The number of aryl methyl sites for hydroxylation is 2. The molecule has 1 heterocycles. The highest BCUT2D eigenvalue weighted by Crippen LogP contribution is 2.23. The Balaban J connectivity index is 2.74. The van der Waals surface area contributed by atoms with E-state index in [4.69, 9.17) is 11.6 Å². The van der Waals surface area contributed by atoms with E-state index in [-0.39, 0.29) is 0 Å². The van der Waals surface area contributed by atoms with Gasteiger partial charge in [0.1, 0.15) is 0 Å². The molecule has 0 aliphatic carbocycles. The van der Waals surface area contributed by atoms with Crippen molar-refractivity contribution in [3.8, 4) is 0 Å². The smallest absolute Gasteiger partial charge is 0.0847 e. The molecule has 0 radical (unpaired) electrons. The van der Waals surface area contributed by atoms with Crippen LogP contribution in [0.2, 0.25) is 5.02 Å². The van der Waals surface area contributed by atoms with Crippen LogP contribution < -0.4 is 0 Å². The molecule has 1 atom stereocenters. The van der Waals surface area contributed by atoms with Gasteiger partial charge in [0.2, 0.25) is 0 Å². The minimum absolute atomic E-state index is 0.578. The molecule has 1 rings (SSSR count). The van der Waals surface area contributed by atoms with Gasteiger partial charge in [-0.2, -0.15) is 5.10 Å². The molecule has 86 valence electrons. The minimum Gasteiger partial charge on any atom is -0.268 e. The van der Waals surface area contributed by atoms with Crippen molar-refractivity contribution in [1.29, 1.82) is 0 Å². The maximum atomic E-state index is 6.22.